The topological polar surface area (TPSA) is 21.3 Å². The lowest BCUT2D eigenvalue weighted by Crippen LogP contribution is -2.22. The maximum absolute atomic E-state index is 13.4. The number of methoxy groups -OCH3 is 1. The molecular weight excluding hydrogens is 333 g/mol. The quantitative estimate of drug-likeness (QED) is 0.849. The SMILES string of the molecule is CCNC(c1ccc(F)c(Br)c1)c1ccc(C)c(OC)c1. The van der Waals surface area contributed by atoms with Gasteiger partial charge in [-0.25, -0.2) is 4.39 Å². The minimum absolute atomic E-state index is 0.00130. The zero-order valence-electron chi connectivity index (χ0n) is 12.4. The first-order valence-corrected chi connectivity index (χ1v) is 7.69. The first kappa shape index (κ1) is 16.0. The van der Waals surface area contributed by atoms with E-state index in [0.29, 0.717) is 4.47 Å². The molecule has 2 nitrogen and oxygen atoms in total. The van der Waals surface area contributed by atoms with Crippen molar-refractivity contribution in [2.24, 2.45) is 0 Å². The summed E-state index contributed by atoms with van der Waals surface area (Å²) in [6, 6.07) is 11.2. The molecule has 1 unspecified atom stereocenters. The van der Waals surface area contributed by atoms with E-state index < -0.39 is 0 Å². The molecular formula is C17H19BrFNO. The van der Waals surface area contributed by atoms with Crippen LogP contribution in [-0.2, 0) is 0 Å². The van der Waals surface area contributed by atoms with Crippen molar-refractivity contribution in [3.05, 3.63) is 63.4 Å². The number of benzene rings is 2. The average Bonchev–Trinajstić information content (AvgIpc) is 2.48. The summed E-state index contributed by atoms with van der Waals surface area (Å²) in [6.45, 7) is 4.88. The van der Waals surface area contributed by atoms with E-state index in [9.17, 15) is 4.39 Å². The van der Waals surface area contributed by atoms with Crippen molar-refractivity contribution in [1.29, 1.82) is 0 Å². The van der Waals surface area contributed by atoms with E-state index in [0.717, 1.165) is 29.0 Å². The van der Waals surface area contributed by atoms with Gasteiger partial charge in [0.2, 0.25) is 0 Å². The van der Waals surface area contributed by atoms with Crippen LogP contribution in [0.3, 0.4) is 0 Å². The summed E-state index contributed by atoms with van der Waals surface area (Å²) in [4.78, 5) is 0. The fraction of sp³-hybridized carbons (Fsp3) is 0.294. The van der Waals surface area contributed by atoms with Gasteiger partial charge < -0.3 is 10.1 Å². The van der Waals surface area contributed by atoms with Crippen LogP contribution in [0.5, 0.6) is 5.75 Å². The Kier molecular flexibility index (Phi) is 5.37. The molecule has 0 saturated heterocycles. The predicted octanol–water partition coefficient (Wildman–Crippen LogP) is 4.60. The maximum atomic E-state index is 13.4. The molecule has 0 aromatic heterocycles. The molecule has 0 radical (unpaired) electrons. The van der Waals surface area contributed by atoms with Crippen LogP contribution in [0.4, 0.5) is 4.39 Å². The van der Waals surface area contributed by atoms with Crippen LogP contribution < -0.4 is 10.1 Å². The van der Waals surface area contributed by atoms with Crippen LogP contribution in [0.25, 0.3) is 0 Å². The molecule has 0 heterocycles. The van der Waals surface area contributed by atoms with Crippen molar-refractivity contribution in [3.8, 4) is 5.75 Å². The van der Waals surface area contributed by atoms with E-state index in [2.05, 4.69) is 34.2 Å². The number of aryl methyl sites for hydroxylation is 1. The molecule has 0 bridgehead atoms. The number of hydrogen-bond donors (Lipinski definition) is 1. The summed E-state index contributed by atoms with van der Waals surface area (Å²) in [5, 5.41) is 3.43. The van der Waals surface area contributed by atoms with Gasteiger partial charge in [0.1, 0.15) is 11.6 Å². The second kappa shape index (κ2) is 7.05. The molecule has 4 heteroatoms. The van der Waals surface area contributed by atoms with Crippen molar-refractivity contribution in [2.75, 3.05) is 13.7 Å². The van der Waals surface area contributed by atoms with Crippen LogP contribution >= 0.6 is 15.9 Å². The van der Waals surface area contributed by atoms with Gasteiger partial charge >= 0.3 is 0 Å². The van der Waals surface area contributed by atoms with Crippen molar-refractivity contribution >= 4 is 15.9 Å². The van der Waals surface area contributed by atoms with Crippen molar-refractivity contribution in [1.82, 2.24) is 5.32 Å². The highest BCUT2D eigenvalue weighted by Gasteiger charge is 2.15. The molecule has 0 aliphatic rings. The Morgan fingerprint density at radius 2 is 1.86 bits per heavy atom. The molecule has 0 fully saturated rings. The van der Waals surface area contributed by atoms with E-state index in [1.807, 2.05) is 25.1 Å². The Bertz CT molecular complexity index is 630. The lowest BCUT2D eigenvalue weighted by molar-refractivity contribution is 0.410. The van der Waals surface area contributed by atoms with Gasteiger partial charge in [0.25, 0.3) is 0 Å². The van der Waals surface area contributed by atoms with Crippen LogP contribution in [0.2, 0.25) is 0 Å². The average molecular weight is 352 g/mol. The van der Waals surface area contributed by atoms with Crippen molar-refractivity contribution in [2.45, 2.75) is 19.9 Å². The first-order chi connectivity index (χ1) is 10.1. The monoisotopic (exact) mass is 351 g/mol. The molecule has 2 rings (SSSR count). The molecule has 2 aromatic rings. The fourth-order valence-corrected chi connectivity index (χ4v) is 2.74. The van der Waals surface area contributed by atoms with Gasteiger partial charge in [-0.3, -0.25) is 0 Å². The fourth-order valence-electron chi connectivity index (χ4n) is 2.34. The molecule has 0 aliphatic heterocycles. The molecule has 2 aromatic carbocycles. The molecule has 1 atom stereocenters. The third-order valence-corrected chi connectivity index (χ3v) is 4.06. The van der Waals surface area contributed by atoms with Crippen molar-refractivity contribution < 1.29 is 9.13 Å². The van der Waals surface area contributed by atoms with Crippen LogP contribution in [0, 0.1) is 12.7 Å². The maximum Gasteiger partial charge on any atom is 0.137 e. The third kappa shape index (κ3) is 3.63. The highest BCUT2D eigenvalue weighted by atomic mass is 79.9. The van der Waals surface area contributed by atoms with Gasteiger partial charge in [-0.05, 0) is 64.3 Å². The highest BCUT2D eigenvalue weighted by molar-refractivity contribution is 9.10. The Morgan fingerprint density at radius 3 is 2.48 bits per heavy atom. The number of halogens is 2. The zero-order valence-corrected chi connectivity index (χ0v) is 14.0. The van der Waals surface area contributed by atoms with Gasteiger partial charge in [0.15, 0.2) is 0 Å². The van der Waals surface area contributed by atoms with Crippen LogP contribution in [0.1, 0.15) is 29.7 Å². The van der Waals surface area contributed by atoms with E-state index in [1.165, 1.54) is 6.07 Å². The van der Waals surface area contributed by atoms with Gasteiger partial charge in [0.05, 0.1) is 17.6 Å². The molecule has 0 amide bonds. The normalized spacial score (nSPS) is 12.2. The predicted molar refractivity (Wildman–Crippen MR) is 87.4 cm³/mol. The summed E-state index contributed by atoms with van der Waals surface area (Å²) in [6.07, 6.45) is 0. The largest absolute Gasteiger partial charge is 0.496 e. The van der Waals surface area contributed by atoms with E-state index in [4.69, 9.17) is 4.74 Å². The first-order valence-electron chi connectivity index (χ1n) is 6.89. The lowest BCUT2D eigenvalue weighted by atomic mass is 9.97. The Hall–Kier alpha value is -1.39. The van der Waals surface area contributed by atoms with Crippen molar-refractivity contribution in [3.63, 3.8) is 0 Å². The van der Waals surface area contributed by atoms with Gasteiger partial charge in [0, 0.05) is 0 Å². The Labute approximate surface area is 133 Å². The smallest absolute Gasteiger partial charge is 0.137 e. The number of ether oxygens (including phenoxy) is 1. The second-order valence-electron chi connectivity index (χ2n) is 4.89. The minimum atomic E-state index is -0.254. The summed E-state index contributed by atoms with van der Waals surface area (Å²) < 4.78 is 19.3. The molecule has 112 valence electrons. The highest BCUT2D eigenvalue weighted by Crippen LogP contribution is 2.29. The summed E-state index contributed by atoms with van der Waals surface area (Å²) in [5.41, 5.74) is 3.20. The number of nitrogens with one attached hydrogen (secondary N) is 1. The van der Waals surface area contributed by atoms with Crippen LogP contribution in [0.15, 0.2) is 40.9 Å². The van der Waals surface area contributed by atoms with Gasteiger partial charge in [-0.2, -0.15) is 0 Å². The third-order valence-electron chi connectivity index (χ3n) is 3.45. The van der Waals surface area contributed by atoms with E-state index in [-0.39, 0.29) is 11.9 Å². The molecule has 0 aliphatic carbocycles. The Morgan fingerprint density at radius 1 is 1.19 bits per heavy atom. The van der Waals surface area contributed by atoms with E-state index >= 15 is 0 Å². The van der Waals surface area contributed by atoms with Crippen LogP contribution in [-0.4, -0.2) is 13.7 Å². The summed E-state index contributed by atoms with van der Waals surface area (Å²) in [5.74, 6) is 0.604. The zero-order chi connectivity index (χ0) is 15.4. The molecule has 0 spiro atoms. The molecule has 0 saturated carbocycles. The molecule has 21 heavy (non-hydrogen) atoms. The molecule has 1 N–H and O–H groups in total. The number of rotatable bonds is 5. The van der Waals surface area contributed by atoms with Gasteiger partial charge in [-0.1, -0.05) is 25.1 Å². The lowest BCUT2D eigenvalue weighted by Gasteiger charge is -2.20. The Balaban J connectivity index is 2.44. The van der Waals surface area contributed by atoms with E-state index in [1.54, 1.807) is 13.2 Å². The second-order valence-corrected chi connectivity index (χ2v) is 5.75. The van der Waals surface area contributed by atoms with Gasteiger partial charge in [-0.15, -0.1) is 0 Å². The summed E-state index contributed by atoms with van der Waals surface area (Å²) >= 11 is 3.25. The number of hydrogen-bond acceptors (Lipinski definition) is 2. The minimum Gasteiger partial charge on any atom is -0.496 e. The summed E-state index contributed by atoms with van der Waals surface area (Å²) in [7, 11) is 1.67. The standard InChI is InChI=1S/C17H19BrFNO/c1-4-20-17(12-7-8-15(19)14(18)9-12)13-6-5-11(2)16(10-13)21-3/h5-10,17,20H,4H2,1-3H3.